The SMILES string of the molecule is CCOC(=O)C1CNCCN1Cc1ccc(C#N)cc1F. The smallest absolute Gasteiger partial charge is 0.324 e. The second kappa shape index (κ2) is 7.16. The molecule has 1 aliphatic rings. The molecule has 1 fully saturated rings. The average molecular weight is 291 g/mol. The lowest BCUT2D eigenvalue weighted by Gasteiger charge is -2.34. The van der Waals surface area contributed by atoms with Crippen LogP contribution in [0.4, 0.5) is 4.39 Å². The molecule has 5 nitrogen and oxygen atoms in total. The Morgan fingerprint density at radius 3 is 3.10 bits per heavy atom. The number of ether oxygens (including phenoxy) is 1. The first-order chi connectivity index (χ1) is 10.2. The third-order valence-electron chi connectivity index (χ3n) is 3.47. The normalized spacial score (nSPS) is 19.0. The van der Waals surface area contributed by atoms with E-state index in [9.17, 15) is 9.18 Å². The number of carbonyl (C=O) groups excluding carboxylic acids is 1. The van der Waals surface area contributed by atoms with Gasteiger partial charge in [0.1, 0.15) is 11.9 Å². The van der Waals surface area contributed by atoms with Crippen molar-refractivity contribution in [2.45, 2.75) is 19.5 Å². The van der Waals surface area contributed by atoms with E-state index in [-0.39, 0.29) is 5.97 Å². The van der Waals surface area contributed by atoms with Crippen LogP contribution in [-0.4, -0.2) is 43.2 Å². The van der Waals surface area contributed by atoms with E-state index in [2.05, 4.69) is 5.32 Å². The Labute approximate surface area is 123 Å². The molecule has 1 aliphatic heterocycles. The van der Waals surface area contributed by atoms with Crippen molar-refractivity contribution < 1.29 is 13.9 Å². The summed E-state index contributed by atoms with van der Waals surface area (Å²) >= 11 is 0. The van der Waals surface area contributed by atoms with Crippen LogP contribution in [0.1, 0.15) is 18.1 Å². The van der Waals surface area contributed by atoms with Gasteiger partial charge >= 0.3 is 5.97 Å². The molecular weight excluding hydrogens is 273 g/mol. The zero-order valence-electron chi connectivity index (χ0n) is 11.9. The van der Waals surface area contributed by atoms with Gasteiger partial charge in [0, 0.05) is 31.7 Å². The van der Waals surface area contributed by atoms with E-state index in [4.69, 9.17) is 10.00 Å². The van der Waals surface area contributed by atoms with Crippen LogP contribution in [0.2, 0.25) is 0 Å². The first kappa shape index (κ1) is 15.4. The summed E-state index contributed by atoms with van der Waals surface area (Å²) in [5.41, 5.74) is 0.767. The third-order valence-corrected chi connectivity index (χ3v) is 3.47. The van der Waals surface area contributed by atoms with E-state index in [1.54, 1.807) is 19.1 Å². The second-order valence-electron chi connectivity index (χ2n) is 4.86. The Balaban J connectivity index is 2.12. The number of hydrogen-bond acceptors (Lipinski definition) is 5. The molecule has 1 heterocycles. The predicted octanol–water partition coefficient (Wildman–Crippen LogP) is 1.03. The molecule has 0 amide bonds. The Hall–Kier alpha value is -1.97. The van der Waals surface area contributed by atoms with Gasteiger partial charge < -0.3 is 10.1 Å². The first-order valence-electron chi connectivity index (χ1n) is 6.95. The first-order valence-corrected chi connectivity index (χ1v) is 6.95. The molecule has 1 aromatic carbocycles. The standard InChI is InChI=1S/C15H18FN3O2/c1-2-21-15(20)14-9-18-5-6-19(14)10-12-4-3-11(8-17)7-13(12)16/h3-4,7,14,18H,2,5-6,9-10H2,1H3. The monoisotopic (exact) mass is 291 g/mol. The molecule has 0 spiro atoms. The van der Waals surface area contributed by atoms with Gasteiger partial charge in [0.25, 0.3) is 0 Å². The molecule has 0 aromatic heterocycles. The molecule has 0 aliphatic carbocycles. The van der Waals surface area contributed by atoms with Gasteiger partial charge in [-0.1, -0.05) is 6.07 Å². The fraction of sp³-hybridized carbons (Fsp3) is 0.467. The number of piperazine rings is 1. The summed E-state index contributed by atoms with van der Waals surface area (Å²) in [6.07, 6.45) is 0. The van der Waals surface area contributed by atoms with Gasteiger partial charge in [-0.25, -0.2) is 4.39 Å². The summed E-state index contributed by atoms with van der Waals surface area (Å²) < 4.78 is 19.0. The van der Waals surface area contributed by atoms with Crippen molar-refractivity contribution >= 4 is 5.97 Å². The molecule has 1 N–H and O–H groups in total. The lowest BCUT2D eigenvalue weighted by molar-refractivity contribution is -0.150. The fourth-order valence-corrected chi connectivity index (χ4v) is 2.37. The van der Waals surface area contributed by atoms with Crippen LogP contribution in [0, 0.1) is 17.1 Å². The number of nitrogens with zero attached hydrogens (tertiary/aromatic N) is 2. The second-order valence-corrected chi connectivity index (χ2v) is 4.86. The molecule has 112 valence electrons. The van der Waals surface area contributed by atoms with E-state index in [1.807, 2.05) is 11.0 Å². The lowest BCUT2D eigenvalue weighted by Crippen LogP contribution is -2.54. The van der Waals surface area contributed by atoms with Crippen LogP contribution >= 0.6 is 0 Å². The van der Waals surface area contributed by atoms with Gasteiger partial charge in [0.2, 0.25) is 0 Å². The highest BCUT2D eigenvalue weighted by atomic mass is 19.1. The summed E-state index contributed by atoms with van der Waals surface area (Å²) in [5.74, 6) is -0.714. The van der Waals surface area contributed by atoms with E-state index >= 15 is 0 Å². The summed E-state index contributed by atoms with van der Waals surface area (Å²) in [5, 5.41) is 11.9. The topological polar surface area (TPSA) is 65.4 Å². The van der Waals surface area contributed by atoms with Crippen molar-refractivity contribution in [2.24, 2.45) is 0 Å². The summed E-state index contributed by atoms with van der Waals surface area (Å²) in [6, 6.07) is 5.89. The molecule has 1 unspecified atom stereocenters. The van der Waals surface area contributed by atoms with E-state index in [0.717, 1.165) is 6.54 Å². The number of halogens is 1. The van der Waals surface area contributed by atoms with Crippen molar-refractivity contribution in [2.75, 3.05) is 26.2 Å². The van der Waals surface area contributed by atoms with Crippen molar-refractivity contribution in [3.63, 3.8) is 0 Å². The molecule has 2 rings (SSSR count). The van der Waals surface area contributed by atoms with Crippen LogP contribution in [0.25, 0.3) is 0 Å². The molecule has 0 radical (unpaired) electrons. The van der Waals surface area contributed by atoms with Gasteiger partial charge in [-0.15, -0.1) is 0 Å². The van der Waals surface area contributed by atoms with Crippen LogP contribution in [0.3, 0.4) is 0 Å². The van der Waals surface area contributed by atoms with Gasteiger partial charge in [0.05, 0.1) is 18.2 Å². The zero-order valence-corrected chi connectivity index (χ0v) is 11.9. The van der Waals surface area contributed by atoms with Gasteiger partial charge in [-0.2, -0.15) is 5.26 Å². The number of rotatable bonds is 4. The lowest BCUT2D eigenvalue weighted by atomic mass is 10.1. The number of nitriles is 1. The number of hydrogen-bond donors (Lipinski definition) is 1. The molecule has 1 aromatic rings. The minimum Gasteiger partial charge on any atom is -0.465 e. The Morgan fingerprint density at radius 1 is 1.62 bits per heavy atom. The third kappa shape index (κ3) is 3.78. The van der Waals surface area contributed by atoms with Crippen molar-refractivity contribution in [1.29, 1.82) is 5.26 Å². The number of nitrogens with one attached hydrogen (secondary N) is 1. The van der Waals surface area contributed by atoms with Crippen LogP contribution in [0.5, 0.6) is 0 Å². The molecule has 1 atom stereocenters. The van der Waals surface area contributed by atoms with Gasteiger partial charge in [-0.05, 0) is 19.1 Å². The molecule has 0 bridgehead atoms. The summed E-state index contributed by atoms with van der Waals surface area (Å²) in [4.78, 5) is 13.8. The zero-order chi connectivity index (χ0) is 15.2. The van der Waals surface area contributed by atoms with E-state index in [1.165, 1.54) is 6.07 Å². The van der Waals surface area contributed by atoms with Crippen LogP contribution in [0.15, 0.2) is 18.2 Å². The molecule has 1 saturated heterocycles. The quantitative estimate of drug-likeness (QED) is 0.840. The van der Waals surface area contributed by atoms with E-state index < -0.39 is 11.9 Å². The fourth-order valence-electron chi connectivity index (χ4n) is 2.37. The van der Waals surface area contributed by atoms with Crippen molar-refractivity contribution in [1.82, 2.24) is 10.2 Å². The molecule has 6 heteroatoms. The van der Waals surface area contributed by atoms with Crippen molar-refractivity contribution in [3.05, 3.63) is 35.1 Å². The maximum atomic E-state index is 14.0. The maximum Gasteiger partial charge on any atom is 0.324 e. The molecule has 21 heavy (non-hydrogen) atoms. The Kier molecular flexibility index (Phi) is 5.26. The minimum absolute atomic E-state index is 0.290. The highest BCUT2D eigenvalue weighted by molar-refractivity contribution is 5.76. The average Bonchev–Trinajstić information content (AvgIpc) is 2.50. The molecule has 0 saturated carbocycles. The number of benzene rings is 1. The van der Waals surface area contributed by atoms with Crippen molar-refractivity contribution in [3.8, 4) is 6.07 Å². The van der Waals surface area contributed by atoms with Crippen LogP contribution in [-0.2, 0) is 16.1 Å². The summed E-state index contributed by atoms with van der Waals surface area (Å²) in [6.45, 7) is 4.29. The summed E-state index contributed by atoms with van der Waals surface area (Å²) in [7, 11) is 0. The minimum atomic E-state index is -0.421. The highest BCUT2D eigenvalue weighted by Crippen LogP contribution is 2.16. The van der Waals surface area contributed by atoms with Crippen LogP contribution < -0.4 is 5.32 Å². The van der Waals surface area contributed by atoms with Gasteiger partial charge in [-0.3, -0.25) is 9.69 Å². The largest absolute Gasteiger partial charge is 0.465 e. The highest BCUT2D eigenvalue weighted by Gasteiger charge is 2.30. The Bertz CT molecular complexity index is 556. The Morgan fingerprint density at radius 2 is 2.43 bits per heavy atom. The predicted molar refractivity (Wildman–Crippen MR) is 74.8 cm³/mol. The number of carbonyl (C=O) groups is 1. The van der Waals surface area contributed by atoms with E-state index in [0.29, 0.717) is 37.4 Å². The number of esters is 1. The van der Waals surface area contributed by atoms with Gasteiger partial charge in [0.15, 0.2) is 0 Å². The maximum absolute atomic E-state index is 14.0. The molecular formula is C15H18FN3O2.